The molecule has 3 heterocycles. The standard InChI is InChI=1S/C19H12ClN3O3S/c20-13-5-3-11(4-6-13)15-8-14-17(27-15)18(24)23-16(22-14)10-26-19(25)12-2-1-7-21-9-12/h1-9H,10H2,(H,22,23,24). The Bertz CT molecular complexity index is 1170. The van der Waals surface area contributed by atoms with E-state index in [0.29, 0.717) is 20.8 Å². The van der Waals surface area contributed by atoms with Gasteiger partial charge in [0, 0.05) is 22.3 Å². The van der Waals surface area contributed by atoms with Crippen molar-refractivity contribution in [2.45, 2.75) is 6.61 Å². The zero-order valence-electron chi connectivity index (χ0n) is 13.8. The van der Waals surface area contributed by atoms with E-state index in [1.54, 1.807) is 30.5 Å². The minimum absolute atomic E-state index is 0.134. The molecule has 0 aliphatic heterocycles. The lowest BCUT2D eigenvalue weighted by molar-refractivity contribution is 0.0462. The number of rotatable bonds is 4. The molecule has 27 heavy (non-hydrogen) atoms. The summed E-state index contributed by atoms with van der Waals surface area (Å²) in [5, 5.41) is 0.647. The first-order valence-electron chi connectivity index (χ1n) is 7.96. The first kappa shape index (κ1) is 17.4. The van der Waals surface area contributed by atoms with Crippen molar-refractivity contribution in [2.24, 2.45) is 0 Å². The number of carbonyl (C=O) groups excluding carboxylic acids is 1. The van der Waals surface area contributed by atoms with Crippen LogP contribution in [-0.2, 0) is 11.3 Å². The first-order valence-corrected chi connectivity index (χ1v) is 9.15. The summed E-state index contributed by atoms with van der Waals surface area (Å²) in [6.45, 7) is -0.134. The van der Waals surface area contributed by atoms with E-state index in [-0.39, 0.29) is 18.0 Å². The summed E-state index contributed by atoms with van der Waals surface area (Å²) in [5.41, 5.74) is 1.58. The molecule has 0 unspecified atom stereocenters. The Labute approximate surface area is 162 Å². The van der Waals surface area contributed by atoms with Crippen LogP contribution < -0.4 is 5.56 Å². The molecule has 1 aromatic carbocycles. The Hall–Kier alpha value is -3.03. The molecule has 0 bridgehead atoms. The third-order valence-corrected chi connectivity index (χ3v) is 5.22. The van der Waals surface area contributed by atoms with Crippen LogP contribution in [0.1, 0.15) is 16.2 Å². The molecular weight excluding hydrogens is 386 g/mol. The number of H-pyrrole nitrogens is 1. The van der Waals surface area contributed by atoms with Gasteiger partial charge < -0.3 is 9.72 Å². The van der Waals surface area contributed by atoms with E-state index in [4.69, 9.17) is 16.3 Å². The predicted molar refractivity (Wildman–Crippen MR) is 104 cm³/mol. The van der Waals surface area contributed by atoms with Crippen molar-refractivity contribution >= 4 is 39.1 Å². The van der Waals surface area contributed by atoms with Gasteiger partial charge >= 0.3 is 5.97 Å². The Kier molecular flexibility index (Phi) is 4.70. The van der Waals surface area contributed by atoms with E-state index in [1.807, 2.05) is 18.2 Å². The molecule has 0 fully saturated rings. The summed E-state index contributed by atoms with van der Waals surface area (Å²) in [7, 11) is 0. The highest BCUT2D eigenvalue weighted by Crippen LogP contribution is 2.31. The monoisotopic (exact) mass is 397 g/mol. The lowest BCUT2D eigenvalue weighted by atomic mass is 10.2. The minimum atomic E-state index is -0.530. The third-order valence-electron chi connectivity index (χ3n) is 3.80. The van der Waals surface area contributed by atoms with Crippen molar-refractivity contribution in [3.8, 4) is 10.4 Å². The molecule has 1 N–H and O–H groups in total. The number of fused-ring (bicyclic) bond motifs is 1. The second-order valence-corrected chi connectivity index (χ2v) is 7.15. The van der Waals surface area contributed by atoms with Crippen LogP contribution in [0.25, 0.3) is 20.7 Å². The van der Waals surface area contributed by atoms with Crippen LogP contribution in [-0.4, -0.2) is 20.9 Å². The SMILES string of the molecule is O=C(OCc1nc2cc(-c3ccc(Cl)cc3)sc2c(=O)[nH]1)c1cccnc1. The summed E-state index contributed by atoms with van der Waals surface area (Å²) < 4.78 is 5.72. The fraction of sp³-hybridized carbons (Fsp3) is 0.0526. The largest absolute Gasteiger partial charge is 0.454 e. The van der Waals surface area contributed by atoms with Gasteiger partial charge in [-0.1, -0.05) is 23.7 Å². The van der Waals surface area contributed by atoms with Crippen LogP contribution in [0.4, 0.5) is 0 Å². The van der Waals surface area contributed by atoms with Gasteiger partial charge in [0.1, 0.15) is 17.1 Å². The Morgan fingerprint density at radius 3 is 2.78 bits per heavy atom. The lowest BCUT2D eigenvalue weighted by Gasteiger charge is -2.04. The normalized spacial score (nSPS) is 10.9. The van der Waals surface area contributed by atoms with E-state index in [0.717, 1.165) is 10.4 Å². The van der Waals surface area contributed by atoms with E-state index in [9.17, 15) is 9.59 Å². The maximum absolute atomic E-state index is 12.4. The molecule has 4 aromatic rings. The minimum Gasteiger partial charge on any atom is -0.454 e. The smallest absolute Gasteiger partial charge is 0.340 e. The van der Waals surface area contributed by atoms with E-state index < -0.39 is 5.97 Å². The van der Waals surface area contributed by atoms with Crippen LogP contribution >= 0.6 is 22.9 Å². The number of aromatic amines is 1. The molecule has 134 valence electrons. The number of nitrogens with one attached hydrogen (secondary N) is 1. The maximum atomic E-state index is 12.4. The molecule has 6 nitrogen and oxygen atoms in total. The second kappa shape index (κ2) is 7.30. The zero-order valence-corrected chi connectivity index (χ0v) is 15.4. The highest BCUT2D eigenvalue weighted by atomic mass is 35.5. The van der Waals surface area contributed by atoms with Gasteiger partial charge in [-0.2, -0.15) is 0 Å². The summed E-state index contributed by atoms with van der Waals surface area (Å²) in [6, 6.07) is 12.4. The number of esters is 1. The predicted octanol–water partition coefficient (Wildman–Crippen LogP) is 4.06. The summed E-state index contributed by atoms with van der Waals surface area (Å²) in [4.78, 5) is 36.2. The number of aromatic nitrogens is 3. The molecule has 0 spiro atoms. The van der Waals surface area contributed by atoms with Crippen molar-refractivity contribution in [1.82, 2.24) is 15.0 Å². The molecule has 0 saturated heterocycles. The van der Waals surface area contributed by atoms with Crippen LogP contribution in [0.15, 0.2) is 59.7 Å². The molecule has 0 aliphatic carbocycles. The Morgan fingerprint density at radius 1 is 1.22 bits per heavy atom. The van der Waals surface area contributed by atoms with Crippen molar-refractivity contribution in [3.63, 3.8) is 0 Å². The molecule has 0 radical (unpaired) electrons. The average Bonchev–Trinajstić information content (AvgIpc) is 3.12. The number of hydrogen-bond donors (Lipinski definition) is 1. The maximum Gasteiger partial charge on any atom is 0.340 e. The first-order chi connectivity index (χ1) is 13.1. The third kappa shape index (κ3) is 3.74. The molecule has 4 rings (SSSR count). The van der Waals surface area contributed by atoms with Crippen LogP contribution in [0.3, 0.4) is 0 Å². The van der Waals surface area contributed by atoms with Gasteiger partial charge in [0.15, 0.2) is 0 Å². The fourth-order valence-corrected chi connectivity index (χ4v) is 3.64. The molecule has 0 amide bonds. The van der Waals surface area contributed by atoms with E-state index in [2.05, 4.69) is 15.0 Å². The number of nitrogens with zero attached hydrogens (tertiary/aromatic N) is 2. The molecule has 0 saturated carbocycles. The van der Waals surface area contributed by atoms with Crippen LogP contribution in [0.5, 0.6) is 0 Å². The topological polar surface area (TPSA) is 84.9 Å². The number of benzene rings is 1. The lowest BCUT2D eigenvalue weighted by Crippen LogP contribution is -2.13. The Morgan fingerprint density at radius 2 is 2.04 bits per heavy atom. The van der Waals surface area contributed by atoms with E-state index >= 15 is 0 Å². The number of thiophene rings is 1. The molecular formula is C19H12ClN3O3S. The van der Waals surface area contributed by atoms with Gasteiger partial charge in [-0.25, -0.2) is 9.78 Å². The average molecular weight is 398 g/mol. The molecule has 8 heteroatoms. The summed E-state index contributed by atoms with van der Waals surface area (Å²) in [6.07, 6.45) is 2.98. The van der Waals surface area contributed by atoms with Crippen molar-refractivity contribution in [3.05, 3.63) is 81.6 Å². The van der Waals surface area contributed by atoms with Crippen molar-refractivity contribution in [2.75, 3.05) is 0 Å². The number of hydrogen-bond acceptors (Lipinski definition) is 6. The van der Waals surface area contributed by atoms with Crippen LogP contribution in [0, 0.1) is 0 Å². The van der Waals surface area contributed by atoms with Gasteiger partial charge in [-0.3, -0.25) is 9.78 Å². The summed E-state index contributed by atoms with van der Waals surface area (Å²) in [5.74, 6) is -0.247. The van der Waals surface area contributed by atoms with Gasteiger partial charge in [-0.05, 0) is 35.9 Å². The number of halogens is 1. The zero-order chi connectivity index (χ0) is 18.8. The van der Waals surface area contributed by atoms with Gasteiger partial charge in [0.05, 0.1) is 11.1 Å². The van der Waals surface area contributed by atoms with Gasteiger partial charge in [0.2, 0.25) is 0 Å². The van der Waals surface area contributed by atoms with Crippen molar-refractivity contribution in [1.29, 1.82) is 0 Å². The highest BCUT2D eigenvalue weighted by Gasteiger charge is 2.12. The second-order valence-electron chi connectivity index (χ2n) is 5.66. The Balaban J connectivity index is 1.59. The summed E-state index contributed by atoms with van der Waals surface area (Å²) >= 11 is 7.27. The molecule has 0 aliphatic rings. The number of ether oxygens (including phenoxy) is 1. The highest BCUT2D eigenvalue weighted by molar-refractivity contribution is 7.22. The van der Waals surface area contributed by atoms with Gasteiger partial charge in [0.25, 0.3) is 5.56 Å². The fourth-order valence-electron chi connectivity index (χ4n) is 2.51. The van der Waals surface area contributed by atoms with E-state index in [1.165, 1.54) is 17.5 Å². The number of pyridine rings is 1. The van der Waals surface area contributed by atoms with Crippen LogP contribution in [0.2, 0.25) is 5.02 Å². The number of carbonyl (C=O) groups is 1. The molecule has 3 aromatic heterocycles. The van der Waals surface area contributed by atoms with Crippen molar-refractivity contribution < 1.29 is 9.53 Å². The quantitative estimate of drug-likeness (QED) is 0.525. The van der Waals surface area contributed by atoms with Gasteiger partial charge in [-0.15, -0.1) is 11.3 Å². The molecule has 0 atom stereocenters.